The van der Waals surface area contributed by atoms with Gasteiger partial charge in [-0.15, -0.1) is 11.3 Å². The molecule has 3 aromatic heterocycles. The first-order valence-electron chi connectivity index (χ1n) is 8.19. The molecule has 0 unspecified atom stereocenters. The molecule has 0 saturated carbocycles. The van der Waals surface area contributed by atoms with Crippen molar-refractivity contribution in [2.75, 3.05) is 13.1 Å². The first-order chi connectivity index (χ1) is 11.6. The van der Waals surface area contributed by atoms with Crippen molar-refractivity contribution < 1.29 is 9.21 Å². The second kappa shape index (κ2) is 5.73. The Hall–Kier alpha value is -2.15. The fourth-order valence-corrected chi connectivity index (χ4v) is 4.71. The van der Waals surface area contributed by atoms with Crippen LogP contribution < -0.4 is 0 Å². The van der Waals surface area contributed by atoms with E-state index in [1.54, 1.807) is 0 Å². The third-order valence-electron chi connectivity index (χ3n) is 4.93. The van der Waals surface area contributed by atoms with Crippen LogP contribution in [0.1, 0.15) is 51.4 Å². The number of amides is 1. The van der Waals surface area contributed by atoms with Gasteiger partial charge in [0.25, 0.3) is 5.91 Å². The van der Waals surface area contributed by atoms with Gasteiger partial charge < -0.3 is 9.32 Å². The Kier molecular flexibility index (Phi) is 3.68. The van der Waals surface area contributed by atoms with Crippen LogP contribution in [0.15, 0.2) is 17.0 Å². The smallest absolute Gasteiger partial charge is 0.291 e. The summed E-state index contributed by atoms with van der Waals surface area (Å²) in [6.07, 6.45) is 4.64. The third-order valence-corrected chi connectivity index (χ3v) is 6.12. The van der Waals surface area contributed by atoms with E-state index in [0.717, 1.165) is 31.8 Å². The number of likely N-dealkylation sites (tertiary alicyclic amines) is 1. The van der Waals surface area contributed by atoms with Gasteiger partial charge in [0, 0.05) is 29.6 Å². The van der Waals surface area contributed by atoms with E-state index in [2.05, 4.69) is 30.2 Å². The maximum Gasteiger partial charge on any atom is 0.291 e. The summed E-state index contributed by atoms with van der Waals surface area (Å²) in [5, 5.41) is 0. The summed E-state index contributed by atoms with van der Waals surface area (Å²) in [6.45, 7) is 7.83. The number of carbonyl (C=O) groups excluding carboxylic acids is 1. The first-order valence-corrected chi connectivity index (χ1v) is 9.00. The van der Waals surface area contributed by atoms with Gasteiger partial charge in [-0.05, 0) is 33.6 Å². The number of aryl methyl sites for hydroxylation is 3. The molecule has 7 heteroatoms. The molecule has 1 fully saturated rings. The van der Waals surface area contributed by atoms with Crippen molar-refractivity contribution in [3.05, 3.63) is 40.4 Å². The molecule has 0 aliphatic carbocycles. The highest BCUT2D eigenvalue weighted by molar-refractivity contribution is 7.17. The normalized spacial score (nSPS) is 16.2. The second-order valence-corrected chi connectivity index (χ2v) is 7.56. The molecule has 0 bridgehead atoms. The SMILES string of the molecule is Cc1sc2c(C3CCN(C(=O)c4cnco4)CC3)nc(C)n2c1C. The Morgan fingerprint density at radius 1 is 1.29 bits per heavy atom. The molecule has 1 saturated heterocycles. The summed E-state index contributed by atoms with van der Waals surface area (Å²) in [5.74, 6) is 1.71. The van der Waals surface area contributed by atoms with E-state index in [4.69, 9.17) is 9.40 Å². The van der Waals surface area contributed by atoms with E-state index < -0.39 is 0 Å². The summed E-state index contributed by atoms with van der Waals surface area (Å²) in [6, 6.07) is 0. The number of thiazole rings is 1. The van der Waals surface area contributed by atoms with Gasteiger partial charge in [0.2, 0.25) is 5.76 Å². The van der Waals surface area contributed by atoms with Crippen molar-refractivity contribution in [3.8, 4) is 0 Å². The fraction of sp³-hybridized carbons (Fsp3) is 0.471. The summed E-state index contributed by atoms with van der Waals surface area (Å²) < 4.78 is 7.39. The van der Waals surface area contributed by atoms with Crippen LogP contribution in [0.2, 0.25) is 0 Å². The fourth-order valence-electron chi connectivity index (χ4n) is 3.50. The van der Waals surface area contributed by atoms with Crippen molar-refractivity contribution >= 4 is 22.1 Å². The van der Waals surface area contributed by atoms with Crippen LogP contribution in [-0.4, -0.2) is 38.3 Å². The Bertz CT molecular complexity index is 886. The molecule has 0 atom stereocenters. The van der Waals surface area contributed by atoms with E-state index in [1.807, 2.05) is 16.2 Å². The van der Waals surface area contributed by atoms with E-state index in [9.17, 15) is 4.79 Å². The van der Waals surface area contributed by atoms with Crippen LogP contribution in [0.5, 0.6) is 0 Å². The predicted molar refractivity (Wildman–Crippen MR) is 91.7 cm³/mol. The number of fused-ring (bicyclic) bond motifs is 1. The van der Waals surface area contributed by atoms with Crippen molar-refractivity contribution in [2.24, 2.45) is 0 Å². The van der Waals surface area contributed by atoms with Crippen LogP contribution in [0.4, 0.5) is 0 Å². The van der Waals surface area contributed by atoms with Gasteiger partial charge >= 0.3 is 0 Å². The monoisotopic (exact) mass is 344 g/mol. The lowest BCUT2D eigenvalue weighted by molar-refractivity contribution is 0.0680. The number of aromatic nitrogens is 3. The maximum absolute atomic E-state index is 12.3. The topological polar surface area (TPSA) is 63.6 Å². The summed E-state index contributed by atoms with van der Waals surface area (Å²) >= 11 is 1.82. The third kappa shape index (κ3) is 2.34. The Morgan fingerprint density at radius 3 is 2.71 bits per heavy atom. The average molecular weight is 344 g/mol. The molecule has 0 radical (unpaired) electrons. The molecule has 24 heavy (non-hydrogen) atoms. The van der Waals surface area contributed by atoms with Gasteiger partial charge in [0.1, 0.15) is 10.7 Å². The van der Waals surface area contributed by atoms with Crippen LogP contribution in [0.25, 0.3) is 4.83 Å². The zero-order valence-electron chi connectivity index (χ0n) is 14.1. The molecule has 0 spiro atoms. The van der Waals surface area contributed by atoms with E-state index in [1.165, 1.54) is 33.7 Å². The zero-order chi connectivity index (χ0) is 16.8. The first kappa shape index (κ1) is 15.4. The van der Waals surface area contributed by atoms with Gasteiger partial charge in [-0.3, -0.25) is 9.20 Å². The molecule has 0 aromatic carbocycles. The summed E-state index contributed by atoms with van der Waals surface area (Å²) in [7, 11) is 0. The summed E-state index contributed by atoms with van der Waals surface area (Å²) in [4.78, 5) is 25.5. The van der Waals surface area contributed by atoms with Crippen LogP contribution in [0.3, 0.4) is 0 Å². The van der Waals surface area contributed by atoms with Crippen molar-refractivity contribution in [1.29, 1.82) is 0 Å². The number of oxazole rings is 1. The van der Waals surface area contributed by atoms with Crippen molar-refractivity contribution in [1.82, 2.24) is 19.3 Å². The highest BCUT2D eigenvalue weighted by Gasteiger charge is 2.29. The van der Waals surface area contributed by atoms with Crippen molar-refractivity contribution in [3.63, 3.8) is 0 Å². The summed E-state index contributed by atoms with van der Waals surface area (Å²) in [5.41, 5.74) is 2.48. The zero-order valence-corrected chi connectivity index (χ0v) is 14.9. The molecule has 1 aliphatic heterocycles. The van der Waals surface area contributed by atoms with Crippen LogP contribution >= 0.6 is 11.3 Å². The highest BCUT2D eigenvalue weighted by Crippen LogP contribution is 2.35. The van der Waals surface area contributed by atoms with Crippen molar-refractivity contribution in [2.45, 2.75) is 39.5 Å². The lowest BCUT2D eigenvalue weighted by Gasteiger charge is -2.30. The standard InChI is InChI=1S/C17H20N4O2S/c1-10-11(2)24-17-15(19-12(3)21(10)17)13-4-6-20(7-5-13)16(22)14-8-18-9-23-14/h8-9,13H,4-7H2,1-3H3. The Morgan fingerprint density at radius 2 is 2.04 bits per heavy atom. The molecular weight excluding hydrogens is 324 g/mol. The van der Waals surface area contributed by atoms with E-state index >= 15 is 0 Å². The average Bonchev–Trinajstić information content (AvgIpc) is 3.28. The van der Waals surface area contributed by atoms with Gasteiger partial charge in [-0.2, -0.15) is 0 Å². The highest BCUT2D eigenvalue weighted by atomic mass is 32.1. The lowest BCUT2D eigenvalue weighted by atomic mass is 9.94. The Labute approximate surface area is 144 Å². The minimum Gasteiger partial charge on any atom is -0.438 e. The van der Waals surface area contributed by atoms with Gasteiger partial charge in [0.15, 0.2) is 6.39 Å². The number of hydrogen-bond acceptors (Lipinski definition) is 5. The quantitative estimate of drug-likeness (QED) is 0.715. The van der Waals surface area contributed by atoms with Gasteiger partial charge in [0.05, 0.1) is 11.9 Å². The molecule has 4 rings (SSSR count). The van der Waals surface area contributed by atoms with Crippen LogP contribution in [0, 0.1) is 20.8 Å². The number of nitrogens with zero attached hydrogens (tertiary/aromatic N) is 4. The number of hydrogen-bond donors (Lipinski definition) is 0. The lowest BCUT2D eigenvalue weighted by Crippen LogP contribution is -2.37. The molecule has 1 amide bonds. The molecule has 1 aliphatic rings. The minimum atomic E-state index is -0.0695. The van der Waals surface area contributed by atoms with Gasteiger partial charge in [-0.1, -0.05) is 0 Å². The molecule has 6 nitrogen and oxygen atoms in total. The van der Waals surface area contributed by atoms with E-state index in [-0.39, 0.29) is 5.91 Å². The minimum absolute atomic E-state index is 0.0695. The second-order valence-electron chi connectivity index (χ2n) is 6.36. The number of carbonyl (C=O) groups is 1. The van der Waals surface area contributed by atoms with Gasteiger partial charge in [-0.25, -0.2) is 9.97 Å². The molecule has 0 N–H and O–H groups in total. The molecule has 126 valence electrons. The molecule has 4 heterocycles. The van der Waals surface area contributed by atoms with E-state index in [0.29, 0.717) is 11.7 Å². The number of piperidine rings is 1. The number of imidazole rings is 1. The largest absolute Gasteiger partial charge is 0.438 e. The number of rotatable bonds is 2. The molecular formula is C17H20N4O2S. The maximum atomic E-state index is 12.3. The van der Waals surface area contributed by atoms with Crippen LogP contribution in [-0.2, 0) is 0 Å². The Balaban J connectivity index is 1.54. The molecule has 3 aromatic rings. The predicted octanol–water partition coefficient (Wildman–Crippen LogP) is 3.33.